The molecule has 3 aromatic rings. The number of hydrogen-bond acceptors (Lipinski definition) is 5. The summed E-state index contributed by atoms with van der Waals surface area (Å²) in [5.74, 6) is 3.10. The van der Waals surface area contributed by atoms with Gasteiger partial charge in [0.15, 0.2) is 6.29 Å². The summed E-state index contributed by atoms with van der Waals surface area (Å²) in [4.78, 5) is 12.5. The molecule has 1 atom stereocenters. The van der Waals surface area contributed by atoms with Crippen LogP contribution in [0.1, 0.15) is 29.0 Å². The van der Waals surface area contributed by atoms with Crippen molar-refractivity contribution in [1.82, 2.24) is 10.2 Å². The van der Waals surface area contributed by atoms with E-state index in [4.69, 9.17) is 11.6 Å². The van der Waals surface area contributed by atoms with Crippen LogP contribution in [-0.4, -0.2) is 28.0 Å². The van der Waals surface area contributed by atoms with E-state index in [0.29, 0.717) is 11.6 Å². The average molecular weight is 389 g/mol. The Morgan fingerprint density at radius 3 is 2.80 bits per heavy atom. The largest absolute Gasteiger partial charge is 0.296 e. The number of carbonyl (C=O) groups is 1. The minimum atomic E-state index is 0.432. The molecule has 1 fully saturated rings. The zero-order chi connectivity index (χ0) is 17.2. The van der Waals surface area contributed by atoms with E-state index in [0.717, 1.165) is 44.0 Å². The molecule has 3 nitrogen and oxygen atoms in total. The number of thiophene rings is 1. The maximum Gasteiger partial charge on any atom is 0.171 e. The molecule has 0 saturated carbocycles. The third-order valence-corrected chi connectivity index (χ3v) is 7.27. The first-order valence-corrected chi connectivity index (χ1v) is 10.7. The van der Waals surface area contributed by atoms with Gasteiger partial charge in [0.2, 0.25) is 0 Å². The molecule has 1 saturated heterocycles. The van der Waals surface area contributed by atoms with E-state index < -0.39 is 0 Å². The lowest BCUT2D eigenvalue weighted by molar-refractivity contribution is 0.112. The molecule has 4 rings (SSSR count). The fourth-order valence-electron chi connectivity index (χ4n) is 3.24. The van der Waals surface area contributed by atoms with Crippen LogP contribution in [0.3, 0.4) is 0 Å². The van der Waals surface area contributed by atoms with E-state index in [9.17, 15) is 4.79 Å². The quantitative estimate of drug-likeness (QED) is 0.552. The summed E-state index contributed by atoms with van der Waals surface area (Å²) in [6.45, 7) is 0. The molecule has 6 heteroatoms. The first kappa shape index (κ1) is 17.0. The lowest BCUT2D eigenvalue weighted by atomic mass is 9.98. The number of aldehydes is 1. The van der Waals surface area contributed by atoms with Crippen LogP contribution in [-0.2, 0) is 6.42 Å². The van der Waals surface area contributed by atoms with Gasteiger partial charge in [0.05, 0.1) is 10.4 Å². The van der Waals surface area contributed by atoms with Crippen LogP contribution >= 0.6 is 34.7 Å². The van der Waals surface area contributed by atoms with Crippen molar-refractivity contribution in [3.63, 3.8) is 0 Å². The van der Waals surface area contributed by atoms with Gasteiger partial charge < -0.3 is 0 Å². The number of hydrogen-bond donors (Lipinski definition) is 0. The van der Waals surface area contributed by atoms with Crippen molar-refractivity contribution in [2.75, 3.05) is 11.5 Å². The highest BCUT2D eigenvalue weighted by Crippen LogP contribution is 2.37. The minimum absolute atomic E-state index is 0.432. The van der Waals surface area contributed by atoms with Gasteiger partial charge in [-0.15, -0.1) is 16.4 Å². The molecule has 1 aliphatic heterocycles. The molecule has 1 unspecified atom stereocenters. The van der Waals surface area contributed by atoms with Gasteiger partial charge >= 0.3 is 0 Å². The SMILES string of the molecule is O=Cc1nnc(CC2CCCSC2)c2cc(-c3ccc(Cl)cc3)sc12. The smallest absolute Gasteiger partial charge is 0.171 e. The predicted molar refractivity (Wildman–Crippen MR) is 107 cm³/mol. The van der Waals surface area contributed by atoms with Gasteiger partial charge in [-0.1, -0.05) is 23.7 Å². The second-order valence-corrected chi connectivity index (χ2v) is 8.94. The van der Waals surface area contributed by atoms with Crippen LogP contribution in [0.4, 0.5) is 0 Å². The molecule has 2 aromatic heterocycles. The van der Waals surface area contributed by atoms with Crippen molar-refractivity contribution >= 4 is 51.1 Å². The van der Waals surface area contributed by atoms with Crippen molar-refractivity contribution < 1.29 is 4.79 Å². The Balaban J connectivity index is 1.76. The molecule has 128 valence electrons. The Bertz CT molecular complexity index is 902. The Labute approximate surface area is 159 Å². The molecule has 0 amide bonds. The maximum atomic E-state index is 11.4. The van der Waals surface area contributed by atoms with E-state index in [2.05, 4.69) is 16.3 Å². The molecule has 3 heterocycles. The lowest BCUT2D eigenvalue weighted by Gasteiger charge is -2.20. The summed E-state index contributed by atoms with van der Waals surface area (Å²) in [6, 6.07) is 9.94. The highest BCUT2D eigenvalue weighted by molar-refractivity contribution is 7.99. The number of fused-ring (bicyclic) bond motifs is 1. The van der Waals surface area contributed by atoms with Crippen LogP contribution in [0, 0.1) is 5.92 Å². The fourth-order valence-corrected chi connectivity index (χ4v) is 5.65. The lowest BCUT2D eigenvalue weighted by Crippen LogP contribution is -2.14. The van der Waals surface area contributed by atoms with Crippen molar-refractivity contribution in [2.45, 2.75) is 19.3 Å². The monoisotopic (exact) mass is 388 g/mol. The Hall–Kier alpha value is -1.43. The second-order valence-electron chi connectivity index (χ2n) is 6.30. The molecule has 0 bridgehead atoms. The first-order valence-electron chi connectivity index (χ1n) is 8.32. The number of thioether (sulfide) groups is 1. The third-order valence-electron chi connectivity index (χ3n) is 4.53. The number of carbonyl (C=O) groups excluding carboxylic acids is 1. The van der Waals surface area contributed by atoms with Crippen LogP contribution in [0.25, 0.3) is 20.5 Å². The van der Waals surface area contributed by atoms with Crippen LogP contribution in [0.2, 0.25) is 5.02 Å². The van der Waals surface area contributed by atoms with Gasteiger partial charge in [-0.25, -0.2) is 0 Å². The van der Waals surface area contributed by atoms with Gasteiger partial charge in [-0.3, -0.25) is 4.79 Å². The Morgan fingerprint density at radius 1 is 1.24 bits per heavy atom. The molecule has 0 spiro atoms. The normalized spacial score (nSPS) is 17.7. The number of aromatic nitrogens is 2. The Kier molecular flexibility index (Phi) is 5.06. The average Bonchev–Trinajstić information content (AvgIpc) is 3.09. The highest BCUT2D eigenvalue weighted by atomic mass is 35.5. The van der Waals surface area contributed by atoms with E-state index in [1.807, 2.05) is 36.0 Å². The predicted octanol–water partition coefficient (Wildman–Crippen LogP) is 5.51. The topological polar surface area (TPSA) is 42.9 Å². The van der Waals surface area contributed by atoms with Gasteiger partial charge in [0.25, 0.3) is 0 Å². The summed E-state index contributed by atoms with van der Waals surface area (Å²) in [5.41, 5.74) is 2.55. The fraction of sp³-hybridized carbons (Fsp3) is 0.316. The molecule has 1 aliphatic rings. The molecule has 0 aliphatic carbocycles. The van der Waals surface area contributed by atoms with Crippen molar-refractivity contribution in [2.24, 2.45) is 5.92 Å². The first-order chi connectivity index (χ1) is 12.2. The third kappa shape index (κ3) is 3.59. The van der Waals surface area contributed by atoms with E-state index in [1.165, 1.54) is 24.3 Å². The van der Waals surface area contributed by atoms with Crippen LogP contribution in [0.15, 0.2) is 30.3 Å². The van der Waals surface area contributed by atoms with Gasteiger partial charge in [-0.05, 0) is 60.4 Å². The van der Waals surface area contributed by atoms with Gasteiger partial charge in [0.1, 0.15) is 5.69 Å². The van der Waals surface area contributed by atoms with Crippen molar-refractivity contribution in [3.05, 3.63) is 46.7 Å². The number of nitrogens with zero attached hydrogens (tertiary/aromatic N) is 2. The van der Waals surface area contributed by atoms with E-state index in [-0.39, 0.29) is 0 Å². The van der Waals surface area contributed by atoms with E-state index in [1.54, 1.807) is 11.3 Å². The summed E-state index contributed by atoms with van der Waals surface area (Å²) >= 11 is 9.62. The second kappa shape index (κ2) is 7.44. The van der Waals surface area contributed by atoms with Crippen molar-refractivity contribution in [1.29, 1.82) is 0 Å². The van der Waals surface area contributed by atoms with Gasteiger partial charge in [0, 0.05) is 15.3 Å². The van der Waals surface area contributed by atoms with E-state index >= 15 is 0 Å². The van der Waals surface area contributed by atoms with Crippen LogP contribution < -0.4 is 0 Å². The standard InChI is InChI=1S/C19H17ClN2OS2/c20-14-5-3-13(4-6-14)18-9-15-16(8-12-2-1-7-24-11-12)21-22-17(10-23)19(15)25-18/h3-6,9-10,12H,1-2,7-8,11H2. The molecular formula is C19H17ClN2OS2. The summed E-state index contributed by atoms with van der Waals surface area (Å²) in [5, 5.41) is 10.4. The minimum Gasteiger partial charge on any atom is -0.296 e. The summed E-state index contributed by atoms with van der Waals surface area (Å²) in [6.07, 6.45) is 4.27. The molecule has 0 radical (unpaired) electrons. The highest BCUT2D eigenvalue weighted by Gasteiger charge is 2.19. The Morgan fingerprint density at radius 2 is 2.08 bits per heavy atom. The molecule has 0 N–H and O–H groups in total. The number of benzene rings is 1. The number of halogens is 1. The zero-order valence-electron chi connectivity index (χ0n) is 13.6. The zero-order valence-corrected chi connectivity index (χ0v) is 16.0. The molecule has 1 aromatic carbocycles. The van der Waals surface area contributed by atoms with Crippen LogP contribution in [0.5, 0.6) is 0 Å². The molecular weight excluding hydrogens is 372 g/mol. The summed E-state index contributed by atoms with van der Waals surface area (Å²) < 4.78 is 0.938. The van der Waals surface area contributed by atoms with Gasteiger partial charge in [-0.2, -0.15) is 16.9 Å². The maximum absolute atomic E-state index is 11.4. The molecule has 25 heavy (non-hydrogen) atoms. The summed E-state index contributed by atoms with van der Waals surface area (Å²) in [7, 11) is 0. The number of rotatable bonds is 4. The van der Waals surface area contributed by atoms with Crippen molar-refractivity contribution in [3.8, 4) is 10.4 Å².